The predicted octanol–water partition coefficient (Wildman–Crippen LogP) is 4.24. The standard InChI is InChI=1S/C17H17Cl2NO4/c1-23-3-2-20-17(22)24-10-11-4-12(8-16(21)5-11)13-6-14(18)9-15(19)7-13/h4-9,21H,2-3,10H2,1H3,(H,20,22). The number of alkyl carbamates (subject to hydrolysis) is 1. The van der Waals surface area contributed by atoms with Gasteiger partial charge in [0.2, 0.25) is 0 Å². The van der Waals surface area contributed by atoms with Gasteiger partial charge in [-0.3, -0.25) is 0 Å². The first-order valence-electron chi connectivity index (χ1n) is 7.17. The van der Waals surface area contributed by atoms with Crippen LogP contribution in [0.1, 0.15) is 5.56 Å². The van der Waals surface area contributed by atoms with Crippen LogP contribution in [-0.4, -0.2) is 31.5 Å². The summed E-state index contributed by atoms with van der Waals surface area (Å²) in [5.41, 5.74) is 2.12. The molecule has 0 unspecified atom stereocenters. The second-order valence-corrected chi connectivity index (χ2v) is 5.91. The quantitative estimate of drug-likeness (QED) is 0.747. The van der Waals surface area contributed by atoms with Crippen LogP contribution in [0.3, 0.4) is 0 Å². The van der Waals surface area contributed by atoms with E-state index in [2.05, 4.69) is 5.32 Å². The molecule has 2 N–H and O–H groups in total. The molecule has 0 atom stereocenters. The van der Waals surface area contributed by atoms with Crippen molar-refractivity contribution in [2.45, 2.75) is 6.61 Å². The summed E-state index contributed by atoms with van der Waals surface area (Å²) in [6, 6.07) is 10.0. The number of phenols is 1. The normalized spacial score (nSPS) is 10.5. The number of hydrogen-bond donors (Lipinski definition) is 2. The van der Waals surface area contributed by atoms with Gasteiger partial charge in [0.1, 0.15) is 12.4 Å². The smallest absolute Gasteiger partial charge is 0.407 e. The lowest BCUT2D eigenvalue weighted by molar-refractivity contribution is 0.133. The van der Waals surface area contributed by atoms with E-state index in [0.29, 0.717) is 28.8 Å². The maximum atomic E-state index is 11.5. The van der Waals surface area contributed by atoms with Crippen molar-refractivity contribution in [1.82, 2.24) is 5.32 Å². The van der Waals surface area contributed by atoms with Crippen LogP contribution in [0.15, 0.2) is 36.4 Å². The molecule has 7 heteroatoms. The summed E-state index contributed by atoms with van der Waals surface area (Å²) in [7, 11) is 1.55. The fourth-order valence-corrected chi connectivity index (χ4v) is 2.63. The zero-order valence-electron chi connectivity index (χ0n) is 13.0. The van der Waals surface area contributed by atoms with E-state index in [1.54, 1.807) is 37.4 Å². The summed E-state index contributed by atoms with van der Waals surface area (Å²) in [5, 5.41) is 13.4. The van der Waals surface area contributed by atoms with E-state index in [9.17, 15) is 9.90 Å². The molecule has 1 amide bonds. The van der Waals surface area contributed by atoms with Crippen LogP contribution in [0, 0.1) is 0 Å². The van der Waals surface area contributed by atoms with Gasteiger partial charge in [-0.05, 0) is 53.1 Å². The van der Waals surface area contributed by atoms with Crippen LogP contribution in [0.4, 0.5) is 4.79 Å². The van der Waals surface area contributed by atoms with Crippen LogP contribution in [-0.2, 0) is 16.1 Å². The van der Waals surface area contributed by atoms with Gasteiger partial charge in [0.15, 0.2) is 0 Å². The summed E-state index contributed by atoms with van der Waals surface area (Å²) in [5.74, 6) is 0.0574. The van der Waals surface area contributed by atoms with Crippen LogP contribution in [0.2, 0.25) is 10.0 Å². The Kier molecular flexibility index (Phi) is 6.73. The van der Waals surface area contributed by atoms with Gasteiger partial charge in [-0.15, -0.1) is 0 Å². The van der Waals surface area contributed by atoms with E-state index < -0.39 is 6.09 Å². The van der Waals surface area contributed by atoms with Crippen molar-refractivity contribution in [2.75, 3.05) is 20.3 Å². The summed E-state index contributed by atoms with van der Waals surface area (Å²) >= 11 is 12.0. The van der Waals surface area contributed by atoms with E-state index in [0.717, 1.165) is 11.1 Å². The molecule has 2 rings (SSSR count). The van der Waals surface area contributed by atoms with Gasteiger partial charge in [-0.1, -0.05) is 23.2 Å². The van der Waals surface area contributed by atoms with Crippen molar-refractivity contribution in [3.05, 3.63) is 52.0 Å². The number of carbonyl (C=O) groups is 1. The van der Waals surface area contributed by atoms with Crippen LogP contribution in [0.25, 0.3) is 11.1 Å². The molecule has 0 heterocycles. The van der Waals surface area contributed by atoms with Crippen molar-refractivity contribution in [1.29, 1.82) is 0 Å². The molecule has 0 aromatic heterocycles. The molecule has 0 aliphatic rings. The third-order valence-corrected chi connectivity index (χ3v) is 3.56. The van der Waals surface area contributed by atoms with Crippen LogP contribution >= 0.6 is 23.2 Å². The maximum Gasteiger partial charge on any atom is 0.407 e. The summed E-state index contributed by atoms with van der Waals surface area (Å²) < 4.78 is 9.93. The Bertz CT molecular complexity index is 701. The highest BCUT2D eigenvalue weighted by molar-refractivity contribution is 6.35. The minimum atomic E-state index is -0.553. The minimum absolute atomic E-state index is 0.0223. The SMILES string of the molecule is COCCNC(=O)OCc1cc(O)cc(-c2cc(Cl)cc(Cl)c2)c1. The highest BCUT2D eigenvalue weighted by atomic mass is 35.5. The number of hydrogen-bond acceptors (Lipinski definition) is 4. The molecule has 0 saturated heterocycles. The Balaban J connectivity index is 2.09. The molecular formula is C17H17Cl2NO4. The number of benzene rings is 2. The molecule has 2 aromatic rings. The summed E-state index contributed by atoms with van der Waals surface area (Å²) in [4.78, 5) is 11.5. The molecule has 5 nitrogen and oxygen atoms in total. The lowest BCUT2D eigenvalue weighted by atomic mass is 10.0. The molecular weight excluding hydrogens is 353 g/mol. The van der Waals surface area contributed by atoms with E-state index in [4.69, 9.17) is 32.7 Å². The molecule has 0 spiro atoms. The number of amides is 1. The van der Waals surface area contributed by atoms with Crippen LogP contribution in [0.5, 0.6) is 5.75 Å². The number of carbonyl (C=O) groups excluding carboxylic acids is 1. The molecule has 0 saturated carbocycles. The average Bonchev–Trinajstić information content (AvgIpc) is 2.52. The molecule has 2 aromatic carbocycles. The monoisotopic (exact) mass is 369 g/mol. The van der Waals surface area contributed by atoms with Gasteiger partial charge >= 0.3 is 6.09 Å². The number of methoxy groups -OCH3 is 1. The van der Waals surface area contributed by atoms with E-state index >= 15 is 0 Å². The van der Waals surface area contributed by atoms with E-state index in [1.807, 2.05) is 0 Å². The number of rotatable bonds is 6. The molecule has 0 bridgehead atoms. The Morgan fingerprint density at radius 3 is 2.42 bits per heavy atom. The van der Waals surface area contributed by atoms with Crippen molar-refractivity contribution in [2.24, 2.45) is 0 Å². The molecule has 0 fully saturated rings. The average molecular weight is 370 g/mol. The molecule has 0 aliphatic heterocycles. The third-order valence-electron chi connectivity index (χ3n) is 3.12. The zero-order valence-corrected chi connectivity index (χ0v) is 14.5. The minimum Gasteiger partial charge on any atom is -0.508 e. The first-order chi connectivity index (χ1) is 11.5. The third kappa shape index (κ3) is 5.60. The largest absolute Gasteiger partial charge is 0.508 e. The fraction of sp³-hybridized carbons (Fsp3) is 0.235. The maximum absolute atomic E-state index is 11.5. The second-order valence-electron chi connectivity index (χ2n) is 5.04. The first-order valence-corrected chi connectivity index (χ1v) is 7.92. The number of nitrogens with one attached hydrogen (secondary N) is 1. The van der Waals surface area contributed by atoms with Gasteiger partial charge in [0.05, 0.1) is 6.61 Å². The van der Waals surface area contributed by atoms with Gasteiger partial charge in [-0.25, -0.2) is 4.79 Å². The fourth-order valence-electron chi connectivity index (χ4n) is 2.10. The van der Waals surface area contributed by atoms with Crippen molar-refractivity contribution in [3.8, 4) is 16.9 Å². The Hall–Kier alpha value is -1.95. The number of halogens is 2. The van der Waals surface area contributed by atoms with Crippen molar-refractivity contribution >= 4 is 29.3 Å². The number of aromatic hydroxyl groups is 1. The summed E-state index contributed by atoms with van der Waals surface area (Å²) in [6.45, 7) is 0.789. The van der Waals surface area contributed by atoms with Gasteiger partial charge in [0, 0.05) is 23.7 Å². The number of phenolic OH excluding ortho intramolecular Hbond substituents is 1. The Labute approximate surface area is 150 Å². The van der Waals surface area contributed by atoms with Crippen LogP contribution < -0.4 is 5.32 Å². The Morgan fingerprint density at radius 2 is 1.75 bits per heavy atom. The van der Waals surface area contributed by atoms with Crippen molar-refractivity contribution < 1.29 is 19.4 Å². The van der Waals surface area contributed by atoms with Gasteiger partial charge in [0.25, 0.3) is 0 Å². The number of ether oxygens (including phenoxy) is 2. The first kappa shape index (κ1) is 18.4. The molecule has 128 valence electrons. The predicted molar refractivity (Wildman–Crippen MR) is 93.6 cm³/mol. The molecule has 24 heavy (non-hydrogen) atoms. The topological polar surface area (TPSA) is 67.8 Å². The highest BCUT2D eigenvalue weighted by Gasteiger charge is 2.08. The second kappa shape index (κ2) is 8.78. The lowest BCUT2D eigenvalue weighted by Gasteiger charge is -2.10. The van der Waals surface area contributed by atoms with E-state index in [-0.39, 0.29) is 12.4 Å². The van der Waals surface area contributed by atoms with Gasteiger partial charge < -0.3 is 19.9 Å². The zero-order chi connectivity index (χ0) is 17.5. The Morgan fingerprint density at radius 1 is 1.08 bits per heavy atom. The molecule has 0 radical (unpaired) electrons. The lowest BCUT2D eigenvalue weighted by Crippen LogP contribution is -2.27. The van der Waals surface area contributed by atoms with Gasteiger partial charge in [-0.2, -0.15) is 0 Å². The highest BCUT2D eigenvalue weighted by Crippen LogP contribution is 2.30. The summed E-state index contributed by atoms with van der Waals surface area (Å²) in [6.07, 6.45) is -0.553. The van der Waals surface area contributed by atoms with E-state index in [1.165, 1.54) is 6.07 Å². The molecule has 0 aliphatic carbocycles. The van der Waals surface area contributed by atoms with Crippen molar-refractivity contribution in [3.63, 3.8) is 0 Å².